The number of hydrogen-bond acceptors (Lipinski definition) is 12. The highest BCUT2D eigenvalue weighted by Gasteiger charge is 2.77. The maximum atomic E-state index is 14.7. The van der Waals surface area contributed by atoms with Crippen LogP contribution in [0.15, 0.2) is 95.1 Å². The van der Waals surface area contributed by atoms with Gasteiger partial charge in [0.25, 0.3) is 5.91 Å². The van der Waals surface area contributed by atoms with Gasteiger partial charge in [-0.05, 0) is 142 Å². The number of aromatic hydroxyl groups is 1. The summed E-state index contributed by atoms with van der Waals surface area (Å²) in [5.74, 6) is -1.27. The van der Waals surface area contributed by atoms with Gasteiger partial charge in [-0.25, -0.2) is 9.59 Å². The minimum atomic E-state index is -2.16. The number of phenols is 1. The molecule has 15 nitrogen and oxygen atoms in total. The van der Waals surface area contributed by atoms with Crippen molar-refractivity contribution in [3.63, 3.8) is 0 Å². The Bertz CT molecular complexity index is 2870. The number of piperazine rings is 1. The number of ether oxygens (including phenoxy) is 6. The Morgan fingerprint density at radius 2 is 1.57 bits per heavy atom. The minimum Gasteiger partial charge on any atom is -0.506 e. The molecule has 3 aromatic rings. The molecule has 1 spiro atoms. The number of carbonyl (C=O) groups is 4. The quantitative estimate of drug-likeness (QED) is 0.102. The van der Waals surface area contributed by atoms with Gasteiger partial charge in [0, 0.05) is 66.8 Å². The van der Waals surface area contributed by atoms with E-state index in [0.717, 1.165) is 43.1 Å². The Morgan fingerprint density at radius 3 is 2.24 bits per heavy atom. The summed E-state index contributed by atoms with van der Waals surface area (Å²) in [5, 5.41) is 33.1. The van der Waals surface area contributed by atoms with Crippen LogP contribution in [-0.4, -0.2) is 111 Å². The van der Waals surface area contributed by atoms with Gasteiger partial charge >= 0.3 is 11.9 Å². The molecule has 5 heterocycles. The summed E-state index contributed by atoms with van der Waals surface area (Å²) in [4.78, 5) is 56.6. The smallest absolute Gasteiger partial charge is 0.340 e. The number of aliphatic carboxylic acids is 2. The molecule has 4 atom stereocenters. The number of carbonyl (C=O) groups excluding carboxylic acids is 2. The predicted octanol–water partition coefficient (Wildman–Crippen LogP) is 10.7. The fraction of sp³-hybridized carbons (Fsp3) is 0.448. The van der Waals surface area contributed by atoms with E-state index in [1.54, 1.807) is 50.3 Å². The maximum Gasteiger partial charge on any atom is 0.340 e. The zero-order valence-corrected chi connectivity index (χ0v) is 45.5. The molecule has 0 bridgehead atoms. The van der Waals surface area contributed by atoms with Gasteiger partial charge in [-0.2, -0.15) is 0 Å². The molecule has 2 fully saturated rings. The van der Waals surface area contributed by atoms with E-state index >= 15 is 0 Å². The van der Waals surface area contributed by atoms with Crippen molar-refractivity contribution < 1.29 is 62.9 Å². The average Bonchev–Trinajstić information content (AvgIpc) is 3.90. The van der Waals surface area contributed by atoms with Crippen LogP contribution in [0.25, 0.3) is 6.08 Å². The van der Waals surface area contributed by atoms with Crippen molar-refractivity contribution >= 4 is 53.7 Å². The molecule has 3 N–H and O–H groups in total. The molecular weight excluding hydrogens is 1000 g/mol. The molecule has 75 heavy (non-hydrogen) atoms. The molecule has 0 saturated carbocycles. The van der Waals surface area contributed by atoms with Gasteiger partial charge in [0.05, 0.1) is 11.2 Å². The fourth-order valence-corrected chi connectivity index (χ4v) is 11.0. The number of amides is 1. The van der Waals surface area contributed by atoms with Gasteiger partial charge < -0.3 is 48.6 Å². The van der Waals surface area contributed by atoms with Crippen LogP contribution in [0.4, 0.5) is 0 Å². The molecule has 4 unspecified atom stereocenters. The number of phenolic OH excluding ortho intramolecular Hbond substituents is 1. The van der Waals surface area contributed by atoms with Crippen molar-refractivity contribution in [1.29, 1.82) is 0 Å². The number of ketones is 1. The lowest BCUT2D eigenvalue weighted by Crippen LogP contribution is -2.66. The second-order valence-electron chi connectivity index (χ2n) is 21.1. The number of carboxylic acids is 2. The van der Waals surface area contributed by atoms with Crippen LogP contribution in [0.1, 0.15) is 115 Å². The number of fused-ring (bicyclic) bond motifs is 3. The first kappa shape index (κ1) is 56.5. The van der Waals surface area contributed by atoms with E-state index in [9.17, 15) is 34.5 Å². The van der Waals surface area contributed by atoms with Crippen LogP contribution in [0, 0.1) is 5.92 Å². The number of carboxylic acid groups (broad SMARTS) is 2. The van der Waals surface area contributed by atoms with Crippen molar-refractivity contribution in [3.05, 3.63) is 122 Å². The first-order chi connectivity index (χ1) is 35.1. The Labute approximate surface area is 449 Å². The third-order valence-corrected chi connectivity index (χ3v) is 15.0. The Morgan fingerprint density at radius 1 is 0.880 bits per heavy atom. The van der Waals surface area contributed by atoms with Gasteiger partial charge in [-0.15, -0.1) is 12.4 Å². The van der Waals surface area contributed by atoms with Gasteiger partial charge in [0.15, 0.2) is 29.5 Å². The van der Waals surface area contributed by atoms with Crippen LogP contribution >= 0.6 is 24.0 Å². The SMILES string of the molecule is CC(C)=CCCC1(C)C=Cc2c(O)c3c(c(CC=C(C)C)c2O1)OC12C(=CCCC1C(C)(C)OC2(CC=C(C)C(=O)O)C(=O)O)C3=O.Cl.O=C(COc1ccc(Cl)cc1)N1CCN(Cc2ccc3c(c2)OCO3)CC1. The number of nitrogens with zero attached hydrogens (tertiary/aromatic N) is 2. The third-order valence-electron chi connectivity index (χ3n) is 14.8. The number of allylic oxidation sites excluding steroid dienone is 5. The number of Topliss-reactive ketones (excluding diaryl/α,β-unsaturated/α-hetero) is 1. The number of halogens is 2. The molecule has 0 aromatic heterocycles. The molecule has 2 saturated heterocycles. The van der Waals surface area contributed by atoms with Crippen molar-refractivity contribution in [2.75, 3.05) is 39.6 Å². The number of rotatable bonds is 14. The fourth-order valence-electron chi connectivity index (χ4n) is 10.9. The van der Waals surface area contributed by atoms with E-state index in [4.69, 9.17) is 40.0 Å². The lowest BCUT2D eigenvalue weighted by molar-refractivity contribution is -0.184. The number of benzene rings is 3. The molecule has 6 aliphatic rings. The lowest BCUT2D eigenvalue weighted by atomic mass is 9.60. The highest BCUT2D eigenvalue weighted by molar-refractivity contribution is 6.30. The summed E-state index contributed by atoms with van der Waals surface area (Å²) in [5.41, 5.74) is -1.48. The summed E-state index contributed by atoms with van der Waals surface area (Å²) in [6, 6.07) is 13.1. The van der Waals surface area contributed by atoms with Gasteiger partial charge in [-0.3, -0.25) is 14.5 Å². The van der Waals surface area contributed by atoms with Crippen LogP contribution < -0.4 is 23.7 Å². The van der Waals surface area contributed by atoms with E-state index in [-0.39, 0.29) is 66.3 Å². The Hall–Kier alpha value is -6.26. The molecule has 402 valence electrons. The van der Waals surface area contributed by atoms with Crippen molar-refractivity contribution in [1.82, 2.24) is 9.80 Å². The normalized spacial score (nSPS) is 23.7. The summed E-state index contributed by atoms with van der Waals surface area (Å²) < 4.78 is 36.6. The monoisotopic (exact) mass is 1070 g/mol. The van der Waals surface area contributed by atoms with Crippen LogP contribution in [0.3, 0.4) is 0 Å². The van der Waals surface area contributed by atoms with Gasteiger partial charge in [-0.1, -0.05) is 53.1 Å². The molecular formula is C58H68Cl2N2O13. The summed E-state index contributed by atoms with van der Waals surface area (Å²) >= 11 is 5.85. The van der Waals surface area contributed by atoms with Crippen LogP contribution in [0.2, 0.25) is 5.02 Å². The van der Waals surface area contributed by atoms with E-state index in [0.29, 0.717) is 66.4 Å². The van der Waals surface area contributed by atoms with E-state index in [1.807, 2.05) is 63.8 Å². The largest absolute Gasteiger partial charge is 0.506 e. The number of hydrogen-bond donors (Lipinski definition) is 3. The highest BCUT2D eigenvalue weighted by Crippen LogP contribution is 2.64. The Balaban J connectivity index is 0.000000248. The predicted molar refractivity (Wildman–Crippen MR) is 287 cm³/mol. The molecule has 0 radical (unpaired) electrons. The summed E-state index contributed by atoms with van der Waals surface area (Å²) in [7, 11) is 0. The lowest BCUT2D eigenvalue weighted by Gasteiger charge is -2.50. The zero-order chi connectivity index (χ0) is 53.3. The highest BCUT2D eigenvalue weighted by atomic mass is 35.5. The zero-order valence-electron chi connectivity index (χ0n) is 43.9. The van der Waals surface area contributed by atoms with Crippen LogP contribution in [0.5, 0.6) is 34.5 Å². The second kappa shape index (κ2) is 22.5. The van der Waals surface area contributed by atoms with E-state index in [2.05, 4.69) is 17.0 Å². The third kappa shape index (κ3) is 11.3. The maximum absolute atomic E-state index is 14.7. The Kier molecular flexibility index (Phi) is 17.0. The van der Waals surface area contributed by atoms with Gasteiger partial charge in [0.2, 0.25) is 12.4 Å². The minimum absolute atomic E-state index is 0. The standard InChI is InChI=1S/C38H46O9.C20H21ClN2O4.ClH/c1-21(2)11-10-18-36(8)19-17-24-29(39)28-30(40)26-12-9-13-27-35(6,7)47-37(34(43)44,20-16-23(5)33(41)42)38(26,27)46-32(28)25(31(24)45-36)15-14-22(3)4;21-16-2-4-17(5-3-16)25-13-20(24)23-9-7-22(8-10-23)12-15-1-6-18-19(11-15)27-14-26-18;/h11-12,14,16-17,19,27,39H,9-10,13,15,18,20H2,1-8H3,(H,41,42)(H,43,44);1-6,11H,7-10,12-14H2;1H. The van der Waals surface area contributed by atoms with E-state index in [1.165, 1.54) is 24.1 Å². The van der Waals surface area contributed by atoms with Crippen molar-refractivity contribution in [3.8, 4) is 34.5 Å². The van der Waals surface area contributed by atoms with E-state index < -0.39 is 46.0 Å². The molecule has 1 amide bonds. The van der Waals surface area contributed by atoms with Crippen molar-refractivity contribution in [2.24, 2.45) is 5.92 Å². The molecule has 3 aromatic carbocycles. The molecule has 5 aliphatic heterocycles. The topological polar surface area (TPSA) is 191 Å². The van der Waals surface area contributed by atoms with Crippen molar-refractivity contribution in [2.45, 2.75) is 123 Å². The summed E-state index contributed by atoms with van der Waals surface area (Å²) in [6.45, 7) is 19.1. The van der Waals surface area contributed by atoms with Crippen LogP contribution in [-0.2, 0) is 32.1 Å². The first-order valence-corrected chi connectivity index (χ1v) is 25.6. The molecule has 1 aliphatic carbocycles. The average molecular weight is 1070 g/mol. The first-order valence-electron chi connectivity index (χ1n) is 25.2. The second-order valence-corrected chi connectivity index (χ2v) is 21.5. The molecule has 17 heteroatoms. The molecule has 9 rings (SSSR count). The summed E-state index contributed by atoms with van der Waals surface area (Å²) in [6.07, 6.45) is 13.1. The van der Waals surface area contributed by atoms with Gasteiger partial charge in [0.1, 0.15) is 34.2 Å².